The maximum atomic E-state index is 11.8. The summed E-state index contributed by atoms with van der Waals surface area (Å²) in [5.74, 6) is -0.0572. The maximum absolute atomic E-state index is 11.8. The molecule has 0 saturated carbocycles. The molecule has 0 aliphatic rings. The van der Waals surface area contributed by atoms with Gasteiger partial charge in [0, 0.05) is 18.7 Å². The lowest BCUT2D eigenvalue weighted by Gasteiger charge is -2.09. The van der Waals surface area contributed by atoms with Gasteiger partial charge in [0.15, 0.2) is 0 Å². The topological polar surface area (TPSA) is 41.1 Å². The van der Waals surface area contributed by atoms with Gasteiger partial charge in [-0.1, -0.05) is 35.9 Å². The molecule has 2 aromatic rings. The average molecular weight is 289 g/mol. The molecule has 0 unspecified atom stereocenters. The first-order chi connectivity index (χ1) is 9.65. The minimum Gasteiger partial charge on any atom is -0.385 e. The van der Waals surface area contributed by atoms with Gasteiger partial charge in [0.1, 0.15) is 0 Å². The number of carbonyl (C=O) groups excluding carboxylic acids is 1. The average Bonchev–Trinajstić information content (AvgIpc) is 2.41. The van der Waals surface area contributed by atoms with E-state index in [1.54, 1.807) is 12.1 Å². The molecular formula is C16H17ClN2O. The third-order valence-corrected chi connectivity index (χ3v) is 3.18. The van der Waals surface area contributed by atoms with Gasteiger partial charge in [-0.2, -0.15) is 0 Å². The number of anilines is 2. The van der Waals surface area contributed by atoms with E-state index in [0.717, 1.165) is 5.69 Å². The highest BCUT2D eigenvalue weighted by Gasteiger charge is 2.04. The number of aryl methyl sites for hydroxylation is 1. The zero-order chi connectivity index (χ0) is 14.4. The molecule has 0 spiro atoms. The molecule has 0 aliphatic carbocycles. The van der Waals surface area contributed by atoms with Crippen LogP contribution >= 0.6 is 11.6 Å². The summed E-state index contributed by atoms with van der Waals surface area (Å²) < 4.78 is 0. The molecule has 1 amide bonds. The van der Waals surface area contributed by atoms with E-state index in [9.17, 15) is 4.79 Å². The fourth-order valence-electron chi connectivity index (χ4n) is 1.85. The molecule has 2 rings (SSSR count). The van der Waals surface area contributed by atoms with Gasteiger partial charge in [-0.25, -0.2) is 0 Å². The van der Waals surface area contributed by atoms with E-state index in [1.165, 1.54) is 5.56 Å². The highest BCUT2D eigenvalue weighted by Crippen LogP contribution is 2.20. The number of hydrogen-bond donors (Lipinski definition) is 2. The summed E-state index contributed by atoms with van der Waals surface area (Å²) in [5, 5.41) is 6.57. The molecule has 0 saturated heterocycles. The van der Waals surface area contributed by atoms with E-state index in [1.807, 2.05) is 43.3 Å². The number of rotatable bonds is 5. The Kier molecular flexibility index (Phi) is 5.02. The third-order valence-electron chi connectivity index (χ3n) is 2.85. The Hall–Kier alpha value is -2.00. The molecule has 0 radical (unpaired) electrons. The van der Waals surface area contributed by atoms with Crippen molar-refractivity contribution in [2.45, 2.75) is 13.3 Å². The number of carbonyl (C=O) groups is 1. The molecule has 2 aromatic carbocycles. The van der Waals surface area contributed by atoms with Crippen molar-refractivity contribution in [1.82, 2.24) is 0 Å². The van der Waals surface area contributed by atoms with Crippen LogP contribution in [0.1, 0.15) is 12.0 Å². The predicted octanol–water partition coefficient (Wildman–Crippen LogP) is 4.09. The molecule has 0 heterocycles. The van der Waals surface area contributed by atoms with Gasteiger partial charge in [-0.3, -0.25) is 4.79 Å². The molecule has 104 valence electrons. The molecule has 0 fully saturated rings. The second-order valence-corrected chi connectivity index (χ2v) is 4.98. The van der Waals surface area contributed by atoms with E-state index in [4.69, 9.17) is 11.6 Å². The van der Waals surface area contributed by atoms with Gasteiger partial charge in [-0.15, -0.1) is 0 Å². The summed E-state index contributed by atoms with van der Waals surface area (Å²) in [7, 11) is 0. The Morgan fingerprint density at radius 1 is 1.15 bits per heavy atom. The normalized spacial score (nSPS) is 10.1. The Bertz CT molecular complexity index is 599. The highest BCUT2D eigenvalue weighted by molar-refractivity contribution is 6.33. The zero-order valence-electron chi connectivity index (χ0n) is 11.3. The monoisotopic (exact) mass is 288 g/mol. The van der Waals surface area contributed by atoms with Gasteiger partial charge < -0.3 is 10.6 Å². The molecular weight excluding hydrogens is 272 g/mol. The summed E-state index contributed by atoms with van der Waals surface area (Å²) >= 11 is 5.99. The van der Waals surface area contributed by atoms with Crippen molar-refractivity contribution >= 4 is 28.9 Å². The first-order valence-electron chi connectivity index (χ1n) is 6.50. The smallest absolute Gasteiger partial charge is 0.226 e. The fraction of sp³-hybridized carbons (Fsp3) is 0.188. The number of para-hydroxylation sites is 1. The Labute approximate surface area is 124 Å². The number of nitrogens with one attached hydrogen (secondary N) is 2. The van der Waals surface area contributed by atoms with Crippen molar-refractivity contribution in [2.24, 2.45) is 0 Å². The van der Waals surface area contributed by atoms with Crippen LogP contribution in [0.2, 0.25) is 5.02 Å². The summed E-state index contributed by atoms with van der Waals surface area (Å²) in [4.78, 5) is 11.8. The van der Waals surface area contributed by atoms with Gasteiger partial charge in [0.05, 0.1) is 10.7 Å². The Balaban J connectivity index is 1.80. The molecule has 20 heavy (non-hydrogen) atoms. The van der Waals surface area contributed by atoms with Crippen LogP contribution in [0.25, 0.3) is 0 Å². The first-order valence-corrected chi connectivity index (χ1v) is 6.88. The van der Waals surface area contributed by atoms with Crippen LogP contribution in [0, 0.1) is 6.92 Å². The molecule has 0 aliphatic heterocycles. The van der Waals surface area contributed by atoms with E-state index in [2.05, 4.69) is 10.6 Å². The van der Waals surface area contributed by atoms with Crippen molar-refractivity contribution < 1.29 is 4.79 Å². The van der Waals surface area contributed by atoms with Crippen LogP contribution < -0.4 is 10.6 Å². The van der Waals surface area contributed by atoms with Crippen molar-refractivity contribution in [2.75, 3.05) is 17.2 Å². The van der Waals surface area contributed by atoms with Crippen molar-refractivity contribution in [1.29, 1.82) is 0 Å². The van der Waals surface area contributed by atoms with Crippen LogP contribution in [0.3, 0.4) is 0 Å². The minimum atomic E-state index is -0.0572. The Morgan fingerprint density at radius 3 is 2.70 bits per heavy atom. The Morgan fingerprint density at radius 2 is 1.95 bits per heavy atom. The predicted molar refractivity (Wildman–Crippen MR) is 84.4 cm³/mol. The molecule has 0 bridgehead atoms. The van der Waals surface area contributed by atoms with Gasteiger partial charge in [0.2, 0.25) is 5.91 Å². The lowest BCUT2D eigenvalue weighted by atomic mass is 10.2. The summed E-state index contributed by atoms with van der Waals surface area (Å²) in [6, 6.07) is 15.3. The SMILES string of the molecule is Cc1cccc(NCCC(=O)Nc2ccccc2Cl)c1. The van der Waals surface area contributed by atoms with Crippen molar-refractivity contribution in [3.05, 3.63) is 59.1 Å². The lowest BCUT2D eigenvalue weighted by Crippen LogP contribution is -2.16. The number of halogens is 1. The van der Waals surface area contributed by atoms with E-state index in [0.29, 0.717) is 23.7 Å². The largest absolute Gasteiger partial charge is 0.385 e. The second-order valence-electron chi connectivity index (χ2n) is 4.57. The standard InChI is InChI=1S/C16H17ClN2O/c1-12-5-4-6-13(11-12)18-10-9-16(20)19-15-8-3-2-7-14(15)17/h2-8,11,18H,9-10H2,1H3,(H,19,20). The molecule has 2 N–H and O–H groups in total. The first kappa shape index (κ1) is 14.4. The van der Waals surface area contributed by atoms with Crippen LogP contribution in [0.4, 0.5) is 11.4 Å². The fourth-order valence-corrected chi connectivity index (χ4v) is 2.03. The number of benzene rings is 2. The molecule has 4 heteroatoms. The number of hydrogen-bond acceptors (Lipinski definition) is 2. The second kappa shape index (κ2) is 6.96. The molecule has 0 atom stereocenters. The van der Waals surface area contributed by atoms with Crippen molar-refractivity contribution in [3.63, 3.8) is 0 Å². The zero-order valence-corrected chi connectivity index (χ0v) is 12.1. The van der Waals surface area contributed by atoms with Crippen molar-refractivity contribution in [3.8, 4) is 0 Å². The molecule has 0 aromatic heterocycles. The van der Waals surface area contributed by atoms with E-state index in [-0.39, 0.29) is 5.91 Å². The van der Waals surface area contributed by atoms with Crippen LogP contribution in [-0.4, -0.2) is 12.5 Å². The minimum absolute atomic E-state index is 0.0572. The van der Waals surface area contributed by atoms with E-state index < -0.39 is 0 Å². The third kappa shape index (κ3) is 4.28. The van der Waals surface area contributed by atoms with Gasteiger partial charge in [-0.05, 0) is 36.8 Å². The summed E-state index contributed by atoms with van der Waals surface area (Å²) in [6.45, 7) is 2.62. The van der Waals surface area contributed by atoms with Gasteiger partial charge >= 0.3 is 0 Å². The van der Waals surface area contributed by atoms with Crippen LogP contribution in [-0.2, 0) is 4.79 Å². The van der Waals surface area contributed by atoms with Gasteiger partial charge in [0.25, 0.3) is 0 Å². The summed E-state index contributed by atoms with van der Waals surface area (Å²) in [5.41, 5.74) is 2.86. The quantitative estimate of drug-likeness (QED) is 0.870. The molecule has 3 nitrogen and oxygen atoms in total. The van der Waals surface area contributed by atoms with Crippen LogP contribution in [0.15, 0.2) is 48.5 Å². The maximum Gasteiger partial charge on any atom is 0.226 e. The van der Waals surface area contributed by atoms with E-state index >= 15 is 0 Å². The number of amides is 1. The summed E-state index contributed by atoms with van der Waals surface area (Å²) in [6.07, 6.45) is 0.388. The van der Waals surface area contributed by atoms with Crippen LogP contribution in [0.5, 0.6) is 0 Å². The lowest BCUT2D eigenvalue weighted by molar-refractivity contribution is -0.115. The highest BCUT2D eigenvalue weighted by atomic mass is 35.5.